The summed E-state index contributed by atoms with van der Waals surface area (Å²) in [5.74, 6) is -0.860. The largest absolute Gasteiger partial charge is 0.354 e. The highest BCUT2D eigenvalue weighted by molar-refractivity contribution is 5.95. The molecule has 31 heavy (non-hydrogen) atoms. The number of hydrogen-bond donors (Lipinski definition) is 3. The first-order chi connectivity index (χ1) is 15.1. The fourth-order valence-corrected chi connectivity index (χ4v) is 3.56. The minimum Gasteiger partial charge on any atom is -0.354 e. The standard InChI is InChI=1S/C25H22FN3O2/c26-18-11-13-22-21(15-18)20(25(29-22)17-7-3-1-4-8-17)12-14-23(30)27-16-24(31)28-19-9-5-2-6-10-19/h1-11,13,15,29H,12,14,16H2,(H,27,30)(H,28,31). The molecule has 0 fully saturated rings. The summed E-state index contributed by atoms with van der Waals surface area (Å²) in [6.45, 7) is -0.109. The molecule has 4 aromatic rings. The van der Waals surface area contributed by atoms with Crippen molar-refractivity contribution in [3.63, 3.8) is 0 Å². The van der Waals surface area contributed by atoms with Gasteiger partial charge in [-0.05, 0) is 47.9 Å². The fourth-order valence-electron chi connectivity index (χ4n) is 3.56. The van der Waals surface area contributed by atoms with Crippen molar-refractivity contribution in [2.24, 2.45) is 0 Å². The predicted octanol–water partition coefficient (Wildman–Crippen LogP) is 4.66. The Morgan fingerprint density at radius 1 is 0.871 bits per heavy atom. The molecule has 0 unspecified atom stereocenters. The van der Waals surface area contributed by atoms with Gasteiger partial charge in [0.2, 0.25) is 11.8 Å². The monoisotopic (exact) mass is 415 g/mol. The van der Waals surface area contributed by atoms with Crippen LogP contribution in [0.3, 0.4) is 0 Å². The number of aryl methyl sites for hydroxylation is 1. The summed E-state index contributed by atoms with van der Waals surface area (Å²) in [5.41, 5.74) is 4.21. The Morgan fingerprint density at radius 2 is 1.58 bits per heavy atom. The number of fused-ring (bicyclic) bond motifs is 1. The predicted molar refractivity (Wildman–Crippen MR) is 120 cm³/mol. The van der Waals surface area contributed by atoms with Crippen LogP contribution >= 0.6 is 0 Å². The van der Waals surface area contributed by atoms with Crippen molar-refractivity contribution in [1.82, 2.24) is 10.3 Å². The molecule has 3 aromatic carbocycles. The normalized spacial score (nSPS) is 10.7. The highest BCUT2D eigenvalue weighted by Gasteiger charge is 2.15. The average Bonchev–Trinajstić information content (AvgIpc) is 3.15. The van der Waals surface area contributed by atoms with Crippen LogP contribution in [-0.4, -0.2) is 23.3 Å². The van der Waals surface area contributed by atoms with Gasteiger partial charge in [-0.2, -0.15) is 0 Å². The second kappa shape index (κ2) is 9.26. The number of nitrogens with one attached hydrogen (secondary N) is 3. The topological polar surface area (TPSA) is 74.0 Å². The number of rotatable bonds is 7. The molecule has 4 rings (SSSR count). The van der Waals surface area contributed by atoms with Gasteiger partial charge in [0.05, 0.1) is 6.54 Å². The van der Waals surface area contributed by atoms with Crippen LogP contribution in [0.2, 0.25) is 0 Å². The van der Waals surface area contributed by atoms with E-state index in [2.05, 4.69) is 15.6 Å². The molecule has 3 N–H and O–H groups in total. The molecule has 0 bridgehead atoms. The van der Waals surface area contributed by atoms with Gasteiger partial charge in [0.15, 0.2) is 0 Å². The molecular weight excluding hydrogens is 393 g/mol. The van der Waals surface area contributed by atoms with E-state index in [4.69, 9.17) is 0 Å². The zero-order valence-electron chi connectivity index (χ0n) is 16.8. The van der Waals surface area contributed by atoms with Gasteiger partial charge in [-0.25, -0.2) is 4.39 Å². The minimum atomic E-state index is -0.325. The average molecular weight is 415 g/mol. The van der Waals surface area contributed by atoms with E-state index in [0.717, 1.165) is 27.7 Å². The maximum absolute atomic E-state index is 13.9. The molecule has 1 heterocycles. The van der Waals surface area contributed by atoms with Crippen molar-refractivity contribution < 1.29 is 14.0 Å². The smallest absolute Gasteiger partial charge is 0.243 e. The summed E-state index contributed by atoms with van der Waals surface area (Å²) in [4.78, 5) is 27.7. The van der Waals surface area contributed by atoms with Crippen molar-refractivity contribution >= 4 is 28.4 Å². The maximum atomic E-state index is 13.9. The molecular formula is C25H22FN3O2. The number of hydrogen-bond acceptors (Lipinski definition) is 2. The summed E-state index contributed by atoms with van der Waals surface area (Å²) in [6, 6.07) is 23.4. The van der Waals surface area contributed by atoms with Crippen LogP contribution in [0.25, 0.3) is 22.2 Å². The first-order valence-corrected chi connectivity index (χ1v) is 10.1. The molecule has 0 saturated heterocycles. The van der Waals surface area contributed by atoms with Gasteiger partial charge in [-0.3, -0.25) is 9.59 Å². The first-order valence-electron chi connectivity index (χ1n) is 10.1. The quantitative estimate of drug-likeness (QED) is 0.411. The summed E-state index contributed by atoms with van der Waals surface area (Å²) in [7, 11) is 0. The molecule has 0 aliphatic carbocycles. The first kappa shape index (κ1) is 20.3. The summed E-state index contributed by atoms with van der Waals surface area (Å²) >= 11 is 0. The number of anilines is 1. The second-order valence-corrected chi connectivity index (χ2v) is 7.23. The molecule has 0 saturated carbocycles. The molecule has 6 heteroatoms. The Bertz CT molecular complexity index is 1200. The van der Waals surface area contributed by atoms with E-state index in [1.807, 2.05) is 48.5 Å². The Kier molecular flexibility index (Phi) is 6.08. The molecule has 0 aliphatic rings. The number of carbonyl (C=O) groups excluding carboxylic acids is 2. The van der Waals surface area contributed by atoms with Crippen LogP contribution in [0.15, 0.2) is 78.9 Å². The third kappa shape index (κ3) is 4.98. The number of benzene rings is 3. The molecule has 1 aromatic heterocycles. The maximum Gasteiger partial charge on any atom is 0.243 e. The van der Waals surface area contributed by atoms with E-state index >= 15 is 0 Å². The van der Waals surface area contributed by atoms with E-state index in [-0.39, 0.29) is 30.6 Å². The van der Waals surface area contributed by atoms with Crippen LogP contribution in [-0.2, 0) is 16.0 Å². The SMILES string of the molecule is O=C(CCc1c(-c2ccccc2)[nH]c2ccc(F)cc12)NCC(=O)Nc1ccccc1. The minimum absolute atomic E-state index is 0.109. The molecule has 5 nitrogen and oxygen atoms in total. The number of halogens is 1. The number of H-pyrrole nitrogens is 1. The van der Waals surface area contributed by atoms with Crippen LogP contribution < -0.4 is 10.6 Å². The van der Waals surface area contributed by atoms with E-state index in [0.29, 0.717) is 12.1 Å². The molecule has 0 atom stereocenters. The van der Waals surface area contributed by atoms with Gasteiger partial charge >= 0.3 is 0 Å². The van der Waals surface area contributed by atoms with Crippen LogP contribution in [0, 0.1) is 5.82 Å². The lowest BCUT2D eigenvalue weighted by Crippen LogP contribution is -2.32. The number of para-hydroxylation sites is 1. The van der Waals surface area contributed by atoms with Gasteiger partial charge in [0.1, 0.15) is 5.82 Å². The van der Waals surface area contributed by atoms with Crippen molar-refractivity contribution in [3.05, 3.63) is 90.2 Å². The van der Waals surface area contributed by atoms with Gasteiger partial charge in [0.25, 0.3) is 0 Å². The number of aromatic amines is 1. The zero-order chi connectivity index (χ0) is 21.6. The molecule has 0 spiro atoms. The summed E-state index contributed by atoms with van der Waals surface area (Å²) < 4.78 is 13.9. The lowest BCUT2D eigenvalue weighted by atomic mass is 10.0. The van der Waals surface area contributed by atoms with E-state index in [1.54, 1.807) is 18.2 Å². The third-order valence-electron chi connectivity index (χ3n) is 5.04. The van der Waals surface area contributed by atoms with Crippen molar-refractivity contribution in [2.75, 3.05) is 11.9 Å². The van der Waals surface area contributed by atoms with Crippen molar-refractivity contribution in [3.8, 4) is 11.3 Å². The lowest BCUT2D eigenvalue weighted by molar-refractivity contribution is -0.124. The van der Waals surface area contributed by atoms with Gasteiger partial charge < -0.3 is 15.6 Å². The van der Waals surface area contributed by atoms with Gasteiger partial charge in [0, 0.05) is 28.7 Å². The van der Waals surface area contributed by atoms with Gasteiger partial charge in [-0.15, -0.1) is 0 Å². The van der Waals surface area contributed by atoms with Crippen molar-refractivity contribution in [1.29, 1.82) is 0 Å². The fraction of sp³-hybridized carbons (Fsp3) is 0.120. The summed E-state index contributed by atoms with van der Waals surface area (Å²) in [5, 5.41) is 6.13. The van der Waals surface area contributed by atoms with E-state index < -0.39 is 0 Å². The van der Waals surface area contributed by atoms with Crippen LogP contribution in [0.4, 0.5) is 10.1 Å². The molecule has 2 amide bonds. The Morgan fingerprint density at radius 3 is 2.32 bits per heavy atom. The number of aromatic nitrogens is 1. The molecule has 156 valence electrons. The van der Waals surface area contributed by atoms with Crippen LogP contribution in [0.5, 0.6) is 0 Å². The number of carbonyl (C=O) groups is 2. The van der Waals surface area contributed by atoms with Crippen LogP contribution in [0.1, 0.15) is 12.0 Å². The second-order valence-electron chi connectivity index (χ2n) is 7.23. The number of amides is 2. The van der Waals surface area contributed by atoms with E-state index in [9.17, 15) is 14.0 Å². The molecule has 0 radical (unpaired) electrons. The van der Waals surface area contributed by atoms with E-state index in [1.165, 1.54) is 12.1 Å². The highest BCUT2D eigenvalue weighted by Crippen LogP contribution is 2.31. The summed E-state index contributed by atoms with van der Waals surface area (Å²) in [6.07, 6.45) is 0.599. The molecule has 0 aliphatic heterocycles. The Hall–Kier alpha value is -3.93. The van der Waals surface area contributed by atoms with Gasteiger partial charge in [-0.1, -0.05) is 48.5 Å². The van der Waals surface area contributed by atoms with Crippen molar-refractivity contribution in [2.45, 2.75) is 12.8 Å². The lowest BCUT2D eigenvalue weighted by Gasteiger charge is -2.08. The third-order valence-corrected chi connectivity index (χ3v) is 5.04. The highest BCUT2D eigenvalue weighted by atomic mass is 19.1. The Labute approximate surface area is 179 Å². The zero-order valence-corrected chi connectivity index (χ0v) is 16.8. The Balaban J connectivity index is 1.44.